The Morgan fingerprint density at radius 2 is 1.84 bits per heavy atom. The number of aryl methyl sites for hydroxylation is 1. The SMILES string of the molecule is CN(C)NC(=O)c1c(NC(=O)c2ccc(Cl)s2)sc2c1CCCCC2. The van der Waals surface area contributed by atoms with Gasteiger partial charge >= 0.3 is 0 Å². The molecule has 8 heteroatoms. The standard InChI is InChI=1S/C17H20ClN3O2S2/c1-21(2)20-16(23)14-10-6-4-3-5-7-11(10)25-17(14)19-15(22)12-8-9-13(18)24-12/h8-9H,3-7H2,1-2H3,(H,19,22)(H,20,23). The number of hydrazine groups is 1. The molecule has 0 saturated carbocycles. The molecule has 1 aliphatic carbocycles. The van der Waals surface area contributed by atoms with E-state index in [1.807, 2.05) is 0 Å². The number of rotatable bonds is 4. The molecule has 0 fully saturated rings. The summed E-state index contributed by atoms with van der Waals surface area (Å²) in [4.78, 5) is 27.0. The highest BCUT2D eigenvalue weighted by Crippen LogP contribution is 2.38. The zero-order valence-electron chi connectivity index (χ0n) is 14.1. The van der Waals surface area contributed by atoms with Crippen molar-refractivity contribution >= 4 is 51.1 Å². The first-order chi connectivity index (χ1) is 12.0. The first-order valence-electron chi connectivity index (χ1n) is 8.15. The normalized spacial score (nSPS) is 14.1. The summed E-state index contributed by atoms with van der Waals surface area (Å²) in [6.07, 6.45) is 5.20. The number of hydrogen-bond donors (Lipinski definition) is 2. The van der Waals surface area contributed by atoms with Crippen molar-refractivity contribution in [1.82, 2.24) is 10.4 Å². The number of anilines is 1. The number of amides is 2. The number of carbonyl (C=O) groups is 2. The molecule has 0 bridgehead atoms. The van der Waals surface area contributed by atoms with Crippen molar-refractivity contribution in [3.63, 3.8) is 0 Å². The molecular weight excluding hydrogens is 378 g/mol. The molecule has 134 valence electrons. The average Bonchev–Trinajstić information content (AvgIpc) is 3.04. The monoisotopic (exact) mass is 397 g/mol. The molecule has 25 heavy (non-hydrogen) atoms. The number of halogens is 1. The van der Waals surface area contributed by atoms with Crippen LogP contribution in [0.25, 0.3) is 0 Å². The topological polar surface area (TPSA) is 61.4 Å². The number of nitrogens with zero attached hydrogens (tertiary/aromatic N) is 1. The average molecular weight is 398 g/mol. The molecule has 5 nitrogen and oxygen atoms in total. The Morgan fingerprint density at radius 1 is 1.08 bits per heavy atom. The Morgan fingerprint density at radius 3 is 2.52 bits per heavy atom. The Balaban J connectivity index is 1.94. The second-order valence-corrected chi connectivity index (χ2v) is 8.98. The van der Waals surface area contributed by atoms with Gasteiger partial charge in [0.25, 0.3) is 11.8 Å². The molecule has 2 N–H and O–H groups in total. The molecule has 2 aromatic rings. The maximum Gasteiger partial charge on any atom is 0.268 e. The third-order valence-corrected chi connectivity index (χ3v) is 6.43. The summed E-state index contributed by atoms with van der Waals surface area (Å²) in [5.41, 5.74) is 4.49. The van der Waals surface area contributed by atoms with Gasteiger partial charge in [-0.3, -0.25) is 15.0 Å². The van der Waals surface area contributed by atoms with Crippen molar-refractivity contribution in [1.29, 1.82) is 0 Å². The predicted octanol–water partition coefficient (Wildman–Crippen LogP) is 4.19. The minimum absolute atomic E-state index is 0.177. The molecule has 0 unspecified atom stereocenters. The summed E-state index contributed by atoms with van der Waals surface area (Å²) in [6, 6.07) is 3.39. The van der Waals surface area contributed by atoms with Crippen LogP contribution in [0.1, 0.15) is 49.7 Å². The third-order valence-electron chi connectivity index (χ3n) is 4.00. The van der Waals surface area contributed by atoms with Gasteiger partial charge in [0.15, 0.2) is 0 Å². The van der Waals surface area contributed by atoms with Crippen LogP contribution in [-0.4, -0.2) is 30.9 Å². The Hall–Kier alpha value is -1.41. The largest absolute Gasteiger partial charge is 0.312 e. The summed E-state index contributed by atoms with van der Waals surface area (Å²) < 4.78 is 0.567. The van der Waals surface area contributed by atoms with Gasteiger partial charge in [0.1, 0.15) is 5.00 Å². The lowest BCUT2D eigenvalue weighted by Gasteiger charge is -2.14. The fourth-order valence-electron chi connectivity index (χ4n) is 2.93. The number of carbonyl (C=O) groups excluding carboxylic acids is 2. The van der Waals surface area contributed by atoms with Crippen molar-refractivity contribution in [3.8, 4) is 0 Å². The minimum atomic E-state index is -0.229. The highest BCUT2D eigenvalue weighted by molar-refractivity contribution is 7.18. The molecule has 2 heterocycles. The molecule has 2 aromatic heterocycles. The summed E-state index contributed by atoms with van der Waals surface area (Å²) in [5.74, 6) is -0.406. The van der Waals surface area contributed by atoms with Gasteiger partial charge in [0.05, 0.1) is 14.8 Å². The van der Waals surface area contributed by atoms with Crippen LogP contribution >= 0.6 is 34.3 Å². The molecule has 0 aromatic carbocycles. The van der Waals surface area contributed by atoms with Crippen LogP contribution in [0.3, 0.4) is 0 Å². The second kappa shape index (κ2) is 7.86. The van der Waals surface area contributed by atoms with Gasteiger partial charge in [0.2, 0.25) is 0 Å². The fraction of sp³-hybridized carbons (Fsp3) is 0.412. The van der Waals surface area contributed by atoms with E-state index in [9.17, 15) is 9.59 Å². The van der Waals surface area contributed by atoms with Gasteiger partial charge in [-0.05, 0) is 43.4 Å². The third kappa shape index (κ3) is 4.23. The van der Waals surface area contributed by atoms with E-state index in [1.165, 1.54) is 34.0 Å². The molecule has 0 spiro atoms. The van der Waals surface area contributed by atoms with E-state index in [0.29, 0.717) is 19.8 Å². The molecule has 0 radical (unpaired) electrons. The molecule has 0 saturated heterocycles. The quantitative estimate of drug-likeness (QED) is 0.600. The van der Waals surface area contributed by atoms with Crippen LogP contribution in [-0.2, 0) is 12.8 Å². The van der Waals surface area contributed by atoms with Crippen molar-refractivity contribution in [2.45, 2.75) is 32.1 Å². The number of fused-ring (bicyclic) bond motifs is 1. The summed E-state index contributed by atoms with van der Waals surface area (Å²) in [6.45, 7) is 0. The van der Waals surface area contributed by atoms with Crippen LogP contribution < -0.4 is 10.7 Å². The van der Waals surface area contributed by atoms with Gasteiger partial charge in [-0.2, -0.15) is 0 Å². The highest BCUT2D eigenvalue weighted by Gasteiger charge is 2.26. The van der Waals surface area contributed by atoms with Gasteiger partial charge in [0, 0.05) is 19.0 Å². The highest BCUT2D eigenvalue weighted by atomic mass is 35.5. The molecule has 0 atom stereocenters. The van der Waals surface area contributed by atoms with Crippen molar-refractivity contribution in [2.24, 2.45) is 0 Å². The molecule has 1 aliphatic rings. The Bertz CT molecular complexity index is 798. The number of thiophene rings is 2. The lowest BCUT2D eigenvalue weighted by molar-refractivity contribution is 0.0857. The van der Waals surface area contributed by atoms with Crippen LogP contribution in [0.15, 0.2) is 12.1 Å². The van der Waals surface area contributed by atoms with Gasteiger partial charge in [-0.1, -0.05) is 18.0 Å². The maximum absolute atomic E-state index is 12.7. The number of nitrogens with one attached hydrogen (secondary N) is 2. The number of hydrogen-bond acceptors (Lipinski definition) is 5. The van der Waals surface area contributed by atoms with Crippen LogP contribution in [0.2, 0.25) is 4.34 Å². The van der Waals surface area contributed by atoms with Gasteiger partial charge in [-0.25, -0.2) is 5.01 Å². The van der Waals surface area contributed by atoms with Crippen LogP contribution in [0, 0.1) is 0 Å². The lowest BCUT2D eigenvalue weighted by Crippen LogP contribution is -2.36. The fourth-order valence-corrected chi connectivity index (χ4v) is 5.15. The Labute approximate surface area is 160 Å². The first-order valence-corrected chi connectivity index (χ1v) is 10.2. The van der Waals surface area contributed by atoms with E-state index in [1.54, 1.807) is 31.2 Å². The van der Waals surface area contributed by atoms with E-state index in [0.717, 1.165) is 31.2 Å². The van der Waals surface area contributed by atoms with Crippen LogP contribution in [0.5, 0.6) is 0 Å². The summed E-state index contributed by atoms with van der Waals surface area (Å²) >= 11 is 8.67. The predicted molar refractivity (Wildman–Crippen MR) is 104 cm³/mol. The second-order valence-electron chi connectivity index (χ2n) is 6.16. The van der Waals surface area contributed by atoms with E-state index in [2.05, 4.69) is 10.7 Å². The zero-order chi connectivity index (χ0) is 18.0. The molecular formula is C17H20ClN3O2S2. The Kier molecular flexibility index (Phi) is 5.78. The van der Waals surface area contributed by atoms with E-state index < -0.39 is 0 Å². The minimum Gasteiger partial charge on any atom is -0.312 e. The van der Waals surface area contributed by atoms with Crippen molar-refractivity contribution in [3.05, 3.63) is 37.4 Å². The van der Waals surface area contributed by atoms with E-state index in [-0.39, 0.29) is 11.8 Å². The van der Waals surface area contributed by atoms with Crippen molar-refractivity contribution < 1.29 is 9.59 Å². The molecule has 3 rings (SSSR count). The van der Waals surface area contributed by atoms with Gasteiger partial charge in [-0.15, -0.1) is 22.7 Å². The van der Waals surface area contributed by atoms with Crippen LogP contribution in [0.4, 0.5) is 5.00 Å². The molecule has 0 aliphatic heterocycles. The lowest BCUT2D eigenvalue weighted by atomic mass is 10.1. The maximum atomic E-state index is 12.7. The smallest absolute Gasteiger partial charge is 0.268 e. The van der Waals surface area contributed by atoms with E-state index in [4.69, 9.17) is 11.6 Å². The summed E-state index contributed by atoms with van der Waals surface area (Å²) in [5, 5.41) is 5.17. The van der Waals surface area contributed by atoms with Gasteiger partial charge < -0.3 is 5.32 Å². The van der Waals surface area contributed by atoms with E-state index >= 15 is 0 Å². The first kappa shape index (κ1) is 18.4. The summed E-state index contributed by atoms with van der Waals surface area (Å²) in [7, 11) is 3.55. The zero-order valence-corrected chi connectivity index (χ0v) is 16.5. The van der Waals surface area contributed by atoms with Crippen molar-refractivity contribution in [2.75, 3.05) is 19.4 Å². The molecule has 2 amide bonds.